The van der Waals surface area contributed by atoms with E-state index in [2.05, 4.69) is 21.2 Å². The summed E-state index contributed by atoms with van der Waals surface area (Å²) in [6, 6.07) is 13.9. The van der Waals surface area contributed by atoms with E-state index in [0.717, 1.165) is 10.0 Å². The maximum atomic E-state index is 11.8. The summed E-state index contributed by atoms with van der Waals surface area (Å²) < 4.78 is 5.58. The Kier molecular flexibility index (Phi) is 5.90. The van der Waals surface area contributed by atoms with Gasteiger partial charge in [-0.1, -0.05) is 36.4 Å². The molecule has 5 nitrogen and oxygen atoms in total. The molecule has 0 heterocycles. The monoisotopic (exact) mass is 377 g/mol. The lowest BCUT2D eigenvalue weighted by molar-refractivity contribution is -0.156. The highest BCUT2D eigenvalue weighted by atomic mass is 79.9. The molecule has 0 aliphatic heterocycles. The molecule has 0 spiro atoms. The lowest BCUT2D eigenvalue weighted by Crippen LogP contribution is -2.24. The molecule has 6 heteroatoms. The van der Waals surface area contributed by atoms with Crippen LogP contribution in [0.3, 0.4) is 0 Å². The highest BCUT2D eigenvalue weighted by Gasteiger charge is 2.19. The Bertz CT molecular complexity index is 703. The molecule has 0 bridgehead atoms. The Hall–Kier alpha value is -2.18. The van der Waals surface area contributed by atoms with Gasteiger partial charge < -0.3 is 15.2 Å². The van der Waals surface area contributed by atoms with Crippen molar-refractivity contribution in [1.29, 1.82) is 0 Å². The second-order valence-corrected chi connectivity index (χ2v) is 5.81. The number of amides is 1. The van der Waals surface area contributed by atoms with Crippen LogP contribution in [0.5, 0.6) is 0 Å². The van der Waals surface area contributed by atoms with Crippen LogP contribution >= 0.6 is 15.9 Å². The largest absolute Gasteiger partial charge is 0.453 e. The molecule has 2 N–H and O–H groups in total. The van der Waals surface area contributed by atoms with Crippen molar-refractivity contribution in [3.8, 4) is 0 Å². The van der Waals surface area contributed by atoms with E-state index in [0.29, 0.717) is 11.3 Å². The number of rotatable bonds is 5. The summed E-state index contributed by atoms with van der Waals surface area (Å²) in [5, 5.41) is 12.5. The summed E-state index contributed by atoms with van der Waals surface area (Å²) in [7, 11) is 0. The first kappa shape index (κ1) is 17.2. The first-order chi connectivity index (χ1) is 11.0. The molecule has 0 fully saturated rings. The third-order valence-corrected chi connectivity index (χ3v) is 3.74. The number of carbonyl (C=O) groups is 2. The summed E-state index contributed by atoms with van der Waals surface area (Å²) in [4.78, 5) is 23.6. The Morgan fingerprint density at radius 3 is 2.57 bits per heavy atom. The number of benzene rings is 2. The van der Waals surface area contributed by atoms with Crippen LogP contribution in [0.1, 0.15) is 17.2 Å². The van der Waals surface area contributed by atoms with Crippen LogP contribution in [0, 0.1) is 6.92 Å². The van der Waals surface area contributed by atoms with Gasteiger partial charge in [-0.25, -0.2) is 4.79 Å². The average molecular weight is 378 g/mol. The number of aliphatic hydroxyl groups excluding tert-OH is 1. The van der Waals surface area contributed by atoms with Crippen molar-refractivity contribution < 1.29 is 19.4 Å². The summed E-state index contributed by atoms with van der Waals surface area (Å²) >= 11 is 3.35. The SMILES string of the molecule is Cc1ccc(NC(=O)COC(=O)[C@@H](O)c2ccccc2)c(Br)c1. The maximum Gasteiger partial charge on any atom is 0.340 e. The zero-order valence-electron chi connectivity index (χ0n) is 12.5. The fraction of sp³-hybridized carbons (Fsp3) is 0.176. The Balaban J connectivity index is 1.87. The molecule has 0 aliphatic carbocycles. The molecule has 1 atom stereocenters. The van der Waals surface area contributed by atoms with Crippen molar-refractivity contribution in [2.24, 2.45) is 0 Å². The number of ether oxygens (including phenoxy) is 1. The van der Waals surface area contributed by atoms with Crippen LogP contribution in [0.25, 0.3) is 0 Å². The highest BCUT2D eigenvalue weighted by molar-refractivity contribution is 9.10. The minimum absolute atomic E-state index is 0.416. The Labute approximate surface area is 142 Å². The van der Waals surface area contributed by atoms with Gasteiger partial charge in [0.15, 0.2) is 12.7 Å². The van der Waals surface area contributed by atoms with E-state index >= 15 is 0 Å². The van der Waals surface area contributed by atoms with Gasteiger partial charge in [-0.15, -0.1) is 0 Å². The molecular formula is C17H16BrNO4. The number of hydrogen-bond donors (Lipinski definition) is 2. The lowest BCUT2D eigenvalue weighted by atomic mass is 10.1. The second kappa shape index (κ2) is 7.89. The summed E-state index contributed by atoms with van der Waals surface area (Å²) in [6.07, 6.45) is -1.41. The van der Waals surface area contributed by atoms with Crippen molar-refractivity contribution in [1.82, 2.24) is 0 Å². The molecule has 2 rings (SSSR count). The topological polar surface area (TPSA) is 75.6 Å². The molecule has 0 aliphatic rings. The first-order valence-corrected chi connectivity index (χ1v) is 7.72. The number of nitrogens with one attached hydrogen (secondary N) is 1. The van der Waals surface area contributed by atoms with Gasteiger partial charge in [0.1, 0.15) is 0 Å². The predicted molar refractivity (Wildman–Crippen MR) is 89.9 cm³/mol. The van der Waals surface area contributed by atoms with E-state index in [-0.39, 0.29) is 0 Å². The third-order valence-electron chi connectivity index (χ3n) is 3.08. The molecule has 120 valence electrons. The van der Waals surface area contributed by atoms with Gasteiger partial charge in [0.2, 0.25) is 0 Å². The van der Waals surface area contributed by atoms with E-state index in [1.165, 1.54) is 0 Å². The van der Waals surface area contributed by atoms with Crippen LogP contribution in [0.4, 0.5) is 5.69 Å². The van der Waals surface area contributed by atoms with Crippen LogP contribution in [-0.2, 0) is 14.3 Å². The maximum absolute atomic E-state index is 11.8. The van der Waals surface area contributed by atoms with Crippen molar-refractivity contribution in [2.75, 3.05) is 11.9 Å². The standard InChI is InChI=1S/C17H16BrNO4/c1-11-7-8-14(13(18)9-11)19-15(20)10-23-17(22)16(21)12-5-3-2-4-6-12/h2-9,16,21H,10H2,1H3,(H,19,20)/t16-/m0/s1. The van der Waals surface area contributed by atoms with Gasteiger partial charge in [-0.3, -0.25) is 4.79 Å². The molecule has 2 aromatic carbocycles. The minimum atomic E-state index is -1.41. The molecule has 23 heavy (non-hydrogen) atoms. The molecule has 0 saturated carbocycles. The van der Waals surface area contributed by atoms with Gasteiger partial charge in [0, 0.05) is 4.47 Å². The van der Waals surface area contributed by atoms with Gasteiger partial charge in [0.25, 0.3) is 5.91 Å². The summed E-state index contributed by atoms with van der Waals surface area (Å²) in [6.45, 7) is 1.46. The van der Waals surface area contributed by atoms with E-state index < -0.39 is 24.6 Å². The molecule has 0 unspecified atom stereocenters. The number of carbonyl (C=O) groups excluding carboxylic acids is 2. The van der Waals surface area contributed by atoms with Crippen molar-refractivity contribution in [3.63, 3.8) is 0 Å². The fourth-order valence-electron chi connectivity index (χ4n) is 1.89. The van der Waals surface area contributed by atoms with Crippen LogP contribution in [-0.4, -0.2) is 23.6 Å². The van der Waals surface area contributed by atoms with Crippen molar-refractivity contribution in [3.05, 3.63) is 64.1 Å². The van der Waals surface area contributed by atoms with Gasteiger partial charge in [-0.2, -0.15) is 0 Å². The third kappa shape index (κ3) is 4.91. The minimum Gasteiger partial charge on any atom is -0.453 e. The first-order valence-electron chi connectivity index (χ1n) is 6.93. The van der Waals surface area contributed by atoms with E-state index in [9.17, 15) is 14.7 Å². The molecule has 0 radical (unpaired) electrons. The Morgan fingerprint density at radius 2 is 1.91 bits per heavy atom. The smallest absolute Gasteiger partial charge is 0.340 e. The predicted octanol–water partition coefficient (Wildman–Crippen LogP) is 2.97. The molecule has 0 saturated heterocycles. The zero-order chi connectivity index (χ0) is 16.8. The zero-order valence-corrected chi connectivity index (χ0v) is 14.0. The van der Waals surface area contributed by atoms with Gasteiger partial charge >= 0.3 is 5.97 Å². The highest BCUT2D eigenvalue weighted by Crippen LogP contribution is 2.23. The number of anilines is 1. The fourth-order valence-corrected chi connectivity index (χ4v) is 2.49. The molecule has 0 aromatic heterocycles. The lowest BCUT2D eigenvalue weighted by Gasteiger charge is -2.11. The van der Waals surface area contributed by atoms with Crippen LogP contribution < -0.4 is 5.32 Å². The van der Waals surface area contributed by atoms with E-state index in [1.807, 2.05) is 19.1 Å². The number of aryl methyl sites for hydroxylation is 1. The van der Waals surface area contributed by atoms with E-state index in [1.54, 1.807) is 36.4 Å². The number of esters is 1. The van der Waals surface area contributed by atoms with Gasteiger partial charge in [0.05, 0.1) is 5.69 Å². The number of halogens is 1. The van der Waals surface area contributed by atoms with Crippen LogP contribution in [0.2, 0.25) is 0 Å². The van der Waals surface area contributed by atoms with Gasteiger partial charge in [-0.05, 0) is 46.1 Å². The van der Waals surface area contributed by atoms with Crippen molar-refractivity contribution >= 4 is 33.5 Å². The molecule has 1 amide bonds. The van der Waals surface area contributed by atoms with Crippen LogP contribution in [0.15, 0.2) is 53.0 Å². The van der Waals surface area contributed by atoms with Crippen molar-refractivity contribution in [2.45, 2.75) is 13.0 Å². The second-order valence-electron chi connectivity index (χ2n) is 4.95. The quantitative estimate of drug-likeness (QED) is 0.785. The Morgan fingerprint density at radius 1 is 1.22 bits per heavy atom. The molecule has 2 aromatic rings. The molecular weight excluding hydrogens is 362 g/mol. The number of aliphatic hydroxyl groups is 1. The average Bonchev–Trinajstić information content (AvgIpc) is 2.55. The summed E-state index contributed by atoms with van der Waals surface area (Å²) in [5.74, 6) is -1.35. The van der Waals surface area contributed by atoms with E-state index in [4.69, 9.17) is 4.74 Å². The summed E-state index contributed by atoms with van der Waals surface area (Å²) in [5.41, 5.74) is 2.05. The number of hydrogen-bond acceptors (Lipinski definition) is 4. The normalized spacial score (nSPS) is 11.6.